The fourth-order valence-corrected chi connectivity index (χ4v) is 4.85. The van der Waals surface area contributed by atoms with Gasteiger partial charge in [-0.25, -0.2) is 13.1 Å². The van der Waals surface area contributed by atoms with Crippen LogP contribution in [0, 0.1) is 0 Å². The van der Waals surface area contributed by atoms with E-state index in [0.717, 1.165) is 38.5 Å². The molecule has 0 unspecified atom stereocenters. The highest BCUT2D eigenvalue weighted by Crippen LogP contribution is 2.27. The van der Waals surface area contributed by atoms with Gasteiger partial charge in [-0.05, 0) is 43.9 Å². The number of amides is 1. The van der Waals surface area contributed by atoms with E-state index in [1.54, 1.807) is 0 Å². The summed E-state index contributed by atoms with van der Waals surface area (Å²) in [6.45, 7) is 0.594. The Bertz CT molecular complexity index is 759. The Kier molecular flexibility index (Phi) is 6.97. The second-order valence-corrected chi connectivity index (χ2v) is 9.09. The van der Waals surface area contributed by atoms with Gasteiger partial charge in [0.2, 0.25) is 10.0 Å². The molecular formula is C18H25ClN2O5S. The molecule has 2 aliphatic rings. The predicted octanol–water partition coefficient (Wildman–Crippen LogP) is 2.23. The lowest BCUT2D eigenvalue weighted by atomic mass is 10.2. The number of hydrogen-bond donors (Lipinski definition) is 2. The van der Waals surface area contributed by atoms with Gasteiger partial charge in [0, 0.05) is 24.2 Å². The molecule has 27 heavy (non-hydrogen) atoms. The SMILES string of the molecule is O=C(COc1ccc(Cl)cc1S(=O)(=O)NC[C@@H]1CCCO1)NC1CCCC1. The van der Waals surface area contributed by atoms with E-state index in [9.17, 15) is 13.2 Å². The third-order valence-electron chi connectivity index (χ3n) is 4.80. The van der Waals surface area contributed by atoms with Gasteiger partial charge in [0.05, 0.1) is 6.10 Å². The van der Waals surface area contributed by atoms with Crippen molar-refractivity contribution in [1.82, 2.24) is 10.0 Å². The monoisotopic (exact) mass is 416 g/mol. The lowest BCUT2D eigenvalue weighted by Crippen LogP contribution is -2.36. The van der Waals surface area contributed by atoms with Gasteiger partial charge in [0.25, 0.3) is 5.91 Å². The minimum absolute atomic E-state index is 0.0818. The maximum Gasteiger partial charge on any atom is 0.258 e. The van der Waals surface area contributed by atoms with Crippen LogP contribution in [0.2, 0.25) is 5.02 Å². The van der Waals surface area contributed by atoms with Crippen LogP contribution >= 0.6 is 11.6 Å². The van der Waals surface area contributed by atoms with E-state index in [4.69, 9.17) is 21.1 Å². The zero-order valence-corrected chi connectivity index (χ0v) is 16.7. The van der Waals surface area contributed by atoms with Gasteiger partial charge in [0.1, 0.15) is 10.6 Å². The molecule has 7 nitrogen and oxygen atoms in total. The normalized spacial score (nSPS) is 20.7. The first kappa shape index (κ1) is 20.4. The minimum atomic E-state index is -3.84. The lowest BCUT2D eigenvalue weighted by molar-refractivity contribution is -0.123. The summed E-state index contributed by atoms with van der Waals surface area (Å²) in [6.07, 6.45) is 5.79. The molecule has 1 aliphatic heterocycles. The highest BCUT2D eigenvalue weighted by Gasteiger charge is 2.24. The molecule has 1 saturated carbocycles. The Morgan fingerprint density at radius 1 is 1.22 bits per heavy atom. The number of carbonyl (C=O) groups excluding carboxylic acids is 1. The lowest BCUT2D eigenvalue weighted by Gasteiger charge is -2.16. The highest BCUT2D eigenvalue weighted by atomic mass is 35.5. The fourth-order valence-electron chi connectivity index (χ4n) is 3.38. The molecule has 2 fully saturated rings. The quantitative estimate of drug-likeness (QED) is 0.677. The third kappa shape index (κ3) is 5.81. The summed E-state index contributed by atoms with van der Waals surface area (Å²) in [7, 11) is -3.84. The van der Waals surface area contributed by atoms with Gasteiger partial charge in [-0.2, -0.15) is 0 Å². The van der Waals surface area contributed by atoms with Gasteiger partial charge in [-0.1, -0.05) is 24.4 Å². The molecule has 1 amide bonds. The van der Waals surface area contributed by atoms with Crippen molar-refractivity contribution in [3.63, 3.8) is 0 Å². The van der Waals surface area contributed by atoms with Crippen LogP contribution in [0.5, 0.6) is 5.75 Å². The van der Waals surface area contributed by atoms with Gasteiger partial charge in [-0.3, -0.25) is 4.79 Å². The van der Waals surface area contributed by atoms with Crippen LogP contribution in [0.25, 0.3) is 0 Å². The van der Waals surface area contributed by atoms with Crippen LogP contribution in [-0.2, 0) is 19.6 Å². The molecule has 9 heteroatoms. The Labute approximate surface area is 164 Å². The van der Waals surface area contributed by atoms with Crippen LogP contribution in [0.4, 0.5) is 0 Å². The summed E-state index contributed by atoms with van der Waals surface area (Å²) in [6, 6.07) is 4.50. The standard InChI is InChI=1S/C18H25ClN2O5S/c19-13-7-8-16(26-12-18(22)21-14-4-1-2-5-14)17(10-13)27(23,24)20-11-15-6-3-9-25-15/h7-8,10,14-15,20H,1-6,9,11-12H2,(H,21,22)/t15-/m0/s1. The van der Waals surface area contributed by atoms with Crippen molar-refractivity contribution in [3.05, 3.63) is 23.2 Å². The molecule has 1 atom stereocenters. The van der Waals surface area contributed by atoms with E-state index in [1.165, 1.54) is 18.2 Å². The van der Waals surface area contributed by atoms with E-state index in [0.29, 0.717) is 6.61 Å². The van der Waals surface area contributed by atoms with Crippen molar-refractivity contribution in [2.45, 2.75) is 55.6 Å². The van der Waals surface area contributed by atoms with Crippen molar-refractivity contribution >= 4 is 27.5 Å². The summed E-state index contributed by atoms with van der Waals surface area (Å²) in [5.41, 5.74) is 0. The fraction of sp³-hybridized carbons (Fsp3) is 0.611. The summed E-state index contributed by atoms with van der Waals surface area (Å²) in [5, 5.41) is 3.18. The Morgan fingerprint density at radius 2 is 2.00 bits per heavy atom. The number of sulfonamides is 1. The topological polar surface area (TPSA) is 93.7 Å². The molecule has 1 aromatic rings. The van der Waals surface area contributed by atoms with Gasteiger partial charge in [-0.15, -0.1) is 0 Å². The van der Waals surface area contributed by atoms with Gasteiger partial charge < -0.3 is 14.8 Å². The maximum absolute atomic E-state index is 12.7. The predicted molar refractivity (Wildman–Crippen MR) is 102 cm³/mol. The maximum atomic E-state index is 12.7. The summed E-state index contributed by atoms with van der Waals surface area (Å²) < 4.78 is 38.8. The molecule has 1 heterocycles. The number of rotatable bonds is 8. The van der Waals surface area contributed by atoms with Crippen LogP contribution in [0.3, 0.4) is 0 Å². The number of ether oxygens (including phenoxy) is 2. The minimum Gasteiger partial charge on any atom is -0.482 e. The number of carbonyl (C=O) groups is 1. The van der Waals surface area contributed by atoms with Crippen molar-refractivity contribution in [2.24, 2.45) is 0 Å². The Morgan fingerprint density at radius 3 is 2.70 bits per heavy atom. The Balaban J connectivity index is 1.63. The van der Waals surface area contributed by atoms with E-state index < -0.39 is 10.0 Å². The molecule has 0 spiro atoms. The molecule has 1 aromatic carbocycles. The molecule has 1 saturated heterocycles. The van der Waals surface area contributed by atoms with E-state index in [1.807, 2.05) is 0 Å². The average Bonchev–Trinajstić information content (AvgIpc) is 3.33. The van der Waals surface area contributed by atoms with Crippen molar-refractivity contribution in [3.8, 4) is 5.75 Å². The van der Waals surface area contributed by atoms with Gasteiger partial charge in [0.15, 0.2) is 6.61 Å². The molecule has 3 rings (SSSR count). The second kappa shape index (κ2) is 9.23. The number of nitrogens with one attached hydrogen (secondary N) is 2. The molecule has 1 aliphatic carbocycles. The number of halogens is 1. The molecule has 0 radical (unpaired) electrons. The van der Waals surface area contributed by atoms with Crippen molar-refractivity contribution in [1.29, 1.82) is 0 Å². The molecule has 2 N–H and O–H groups in total. The smallest absolute Gasteiger partial charge is 0.258 e. The first-order chi connectivity index (χ1) is 12.9. The van der Waals surface area contributed by atoms with Crippen molar-refractivity contribution in [2.75, 3.05) is 19.8 Å². The van der Waals surface area contributed by atoms with E-state index in [2.05, 4.69) is 10.0 Å². The second-order valence-electron chi connectivity index (χ2n) is 6.92. The number of hydrogen-bond acceptors (Lipinski definition) is 5. The Hall–Kier alpha value is -1.35. The van der Waals surface area contributed by atoms with Gasteiger partial charge >= 0.3 is 0 Å². The molecular weight excluding hydrogens is 392 g/mol. The largest absolute Gasteiger partial charge is 0.482 e. The zero-order valence-electron chi connectivity index (χ0n) is 15.1. The van der Waals surface area contributed by atoms with Crippen molar-refractivity contribution < 1.29 is 22.7 Å². The number of benzene rings is 1. The molecule has 0 aromatic heterocycles. The van der Waals surface area contributed by atoms with Crippen LogP contribution in [0.15, 0.2) is 23.1 Å². The van der Waals surface area contributed by atoms with E-state index >= 15 is 0 Å². The zero-order chi connectivity index (χ0) is 19.3. The summed E-state index contributed by atoms with van der Waals surface area (Å²) in [5.74, 6) is -0.159. The van der Waals surface area contributed by atoms with Crippen LogP contribution in [0.1, 0.15) is 38.5 Å². The first-order valence-electron chi connectivity index (χ1n) is 9.27. The third-order valence-corrected chi connectivity index (χ3v) is 6.48. The van der Waals surface area contributed by atoms with Crippen LogP contribution in [-0.4, -0.2) is 46.2 Å². The molecule has 0 bridgehead atoms. The summed E-state index contributed by atoms with van der Waals surface area (Å²) >= 11 is 5.97. The summed E-state index contributed by atoms with van der Waals surface area (Å²) in [4.78, 5) is 12.0. The average molecular weight is 417 g/mol. The highest BCUT2D eigenvalue weighted by molar-refractivity contribution is 7.89. The molecule has 150 valence electrons. The van der Waals surface area contributed by atoms with E-state index in [-0.39, 0.29) is 46.9 Å². The van der Waals surface area contributed by atoms with Crippen LogP contribution < -0.4 is 14.8 Å². The first-order valence-corrected chi connectivity index (χ1v) is 11.1.